The molecule has 0 bridgehead atoms. The van der Waals surface area contributed by atoms with Crippen LogP contribution >= 0.6 is 0 Å². The second-order valence-corrected chi connectivity index (χ2v) is 5.92. The minimum Gasteiger partial charge on any atom is -0.277 e. The highest BCUT2D eigenvalue weighted by Crippen LogP contribution is 2.48. The molecule has 1 saturated heterocycles. The van der Waals surface area contributed by atoms with Crippen LogP contribution in [0.3, 0.4) is 0 Å². The van der Waals surface area contributed by atoms with Gasteiger partial charge in [-0.2, -0.15) is 0 Å². The molecular weight excluding hydrogens is 196 g/mol. The normalized spacial score (nSPS) is 32.3. The van der Waals surface area contributed by atoms with Crippen molar-refractivity contribution >= 4 is 5.82 Å². The van der Waals surface area contributed by atoms with Gasteiger partial charge >= 0.3 is 0 Å². The summed E-state index contributed by atoms with van der Waals surface area (Å²) in [6.07, 6.45) is 9.13. The highest BCUT2D eigenvalue weighted by atomic mass is 15.4. The SMILES string of the molecule is C[N+]1(c2ccccn2)CCC2(CCCC2)C1. The van der Waals surface area contributed by atoms with Crippen LogP contribution in [0.1, 0.15) is 32.1 Å². The molecule has 0 aromatic carbocycles. The molecule has 1 aliphatic heterocycles. The Morgan fingerprint density at radius 1 is 1.19 bits per heavy atom. The fourth-order valence-corrected chi connectivity index (χ4v) is 3.78. The van der Waals surface area contributed by atoms with Crippen molar-refractivity contribution < 1.29 is 0 Å². The molecule has 0 amide bonds. The van der Waals surface area contributed by atoms with Crippen LogP contribution in [-0.2, 0) is 0 Å². The minimum absolute atomic E-state index is 0.659. The molecule has 2 fully saturated rings. The molecule has 1 aromatic heterocycles. The average molecular weight is 217 g/mol. The van der Waals surface area contributed by atoms with E-state index in [4.69, 9.17) is 0 Å². The quantitative estimate of drug-likeness (QED) is 0.659. The molecule has 1 spiro atoms. The first-order chi connectivity index (χ1) is 7.73. The smallest absolute Gasteiger partial charge is 0.227 e. The van der Waals surface area contributed by atoms with Crippen LogP contribution in [-0.4, -0.2) is 25.1 Å². The predicted molar refractivity (Wildman–Crippen MR) is 67.2 cm³/mol. The average Bonchev–Trinajstić information content (AvgIpc) is 2.90. The van der Waals surface area contributed by atoms with E-state index in [-0.39, 0.29) is 0 Å². The van der Waals surface area contributed by atoms with Crippen molar-refractivity contribution in [2.75, 3.05) is 20.1 Å². The Bertz CT molecular complexity index is 368. The highest BCUT2D eigenvalue weighted by molar-refractivity contribution is 5.35. The van der Waals surface area contributed by atoms with Crippen molar-refractivity contribution in [3.05, 3.63) is 24.4 Å². The third kappa shape index (κ3) is 1.56. The lowest BCUT2D eigenvalue weighted by atomic mass is 9.85. The van der Waals surface area contributed by atoms with Gasteiger partial charge in [0.25, 0.3) is 0 Å². The lowest BCUT2D eigenvalue weighted by Gasteiger charge is -2.30. The molecule has 0 N–H and O–H groups in total. The molecule has 86 valence electrons. The van der Waals surface area contributed by atoms with Crippen molar-refractivity contribution in [1.82, 2.24) is 9.47 Å². The van der Waals surface area contributed by atoms with Gasteiger partial charge in [0, 0.05) is 24.1 Å². The van der Waals surface area contributed by atoms with Crippen LogP contribution in [0.2, 0.25) is 0 Å². The Morgan fingerprint density at radius 3 is 2.69 bits per heavy atom. The first-order valence-electron chi connectivity index (χ1n) is 6.49. The van der Waals surface area contributed by atoms with Crippen LogP contribution in [0, 0.1) is 5.41 Å². The van der Waals surface area contributed by atoms with E-state index in [1.165, 1.54) is 51.0 Å². The molecule has 0 radical (unpaired) electrons. The van der Waals surface area contributed by atoms with Gasteiger partial charge in [-0.3, -0.25) is 4.48 Å². The summed E-state index contributed by atoms with van der Waals surface area (Å²) in [6.45, 7) is 2.58. The number of aromatic nitrogens is 1. The molecule has 1 saturated carbocycles. The fourth-order valence-electron chi connectivity index (χ4n) is 3.78. The van der Waals surface area contributed by atoms with E-state index in [0.29, 0.717) is 5.41 Å². The van der Waals surface area contributed by atoms with Crippen LogP contribution in [0.25, 0.3) is 0 Å². The van der Waals surface area contributed by atoms with E-state index in [1.54, 1.807) is 0 Å². The first-order valence-corrected chi connectivity index (χ1v) is 6.49. The van der Waals surface area contributed by atoms with E-state index in [2.05, 4.69) is 24.2 Å². The second-order valence-electron chi connectivity index (χ2n) is 5.92. The van der Waals surface area contributed by atoms with Crippen molar-refractivity contribution in [3.8, 4) is 0 Å². The maximum atomic E-state index is 4.56. The van der Waals surface area contributed by atoms with Gasteiger partial charge in [0.15, 0.2) is 0 Å². The van der Waals surface area contributed by atoms with Crippen LogP contribution in [0.5, 0.6) is 0 Å². The maximum Gasteiger partial charge on any atom is 0.227 e. The Morgan fingerprint density at radius 2 is 2.00 bits per heavy atom. The van der Waals surface area contributed by atoms with Gasteiger partial charge in [0.2, 0.25) is 5.82 Å². The number of hydrogen-bond acceptors (Lipinski definition) is 1. The number of pyridine rings is 1. The lowest BCUT2D eigenvalue weighted by Crippen LogP contribution is -2.44. The summed E-state index contributed by atoms with van der Waals surface area (Å²) >= 11 is 0. The minimum atomic E-state index is 0.659. The monoisotopic (exact) mass is 217 g/mol. The molecule has 2 aliphatic rings. The van der Waals surface area contributed by atoms with Crippen molar-refractivity contribution in [2.45, 2.75) is 32.1 Å². The number of nitrogens with zero attached hydrogens (tertiary/aromatic N) is 2. The Hall–Kier alpha value is -0.890. The zero-order valence-electron chi connectivity index (χ0n) is 10.2. The summed E-state index contributed by atoms with van der Waals surface area (Å²) in [5, 5.41) is 0. The van der Waals surface area contributed by atoms with Crippen LogP contribution in [0.15, 0.2) is 24.4 Å². The van der Waals surface area contributed by atoms with E-state index in [0.717, 1.165) is 4.48 Å². The molecule has 1 atom stereocenters. The number of rotatable bonds is 1. The lowest BCUT2D eigenvalue weighted by molar-refractivity contribution is 0.285. The molecule has 1 aromatic rings. The van der Waals surface area contributed by atoms with Crippen molar-refractivity contribution in [3.63, 3.8) is 0 Å². The summed E-state index contributed by atoms with van der Waals surface area (Å²) < 4.78 is 1.06. The Balaban J connectivity index is 1.86. The van der Waals surface area contributed by atoms with Gasteiger partial charge in [-0.25, -0.2) is 4.98 Å². The standard InChI is InChI=1S/C14H21N2/c1-16(13-6-2-5-10-15-13)11-9-14(12-16)7-3-4-8-14/h2,5-6,10H,3-4,7-9,11-12H2,1H3/q+1. The summed E-state index contributed by atoms with van der Waals surface area (Å²) in [6, 6.07) is 6.32. The Labute approximate surface area is 97.9 Å². The summed E-state index contributed by atoms with van der Waals surface area (Å²) in [4.78, 5) is 4.56. The molecule has 1 unspecified atom stereocenters. The molecular formula is C14H21N2+. The predicted octanol–water partition coefficient (Wildman–Crippen LogP) is 2.98. The number of likely N-dealkylation sites (tertiary alicyclic amines) is 1. The van der Waals surface area contributed by atoms with Gasteiger partial charge in [0.05, 0.1) is 20.1 Å². The summed E-state index contributed by atoms with van der Waals surface area (Å²) in [5.74, 6) is 1.26. The van der Waals surface area contributed by atoms with E-state index in [9.17, 15) is 0 Å². The summed E-state index contributed by atoms with van der Waals surface area (Å²) in [7, 11) is 2.36. The van der Waals surface area contributed by atoms with Gasteiger partial charge in [-0.05, 0) is 18.9 Å². The molecule has 1 aliphatic carbocycles. The fraction of sp³-hybridized carbons (Fsp3) is 0.643. The maximum absolute atomic E-state index is 4.56. The molecule has 2 nitrogen and oxygen atoms in total. The molecule has 3 rings (SSSR count). The number of quaternary nitrogens is 1. The highest BCUT2D eigenvalue weighted by Gasteiger charge is 2.49. The van der Waals surface area contributed by atoms with Gasteiger partial charge in [-0.1, -0.05) is 18.9 Å². The molecule has 16 heavy (non-hydrogen) atoms. The summed E-state index contributed by atoms with van der Waals surface area (Å²) in [5.41, 5.74) is 0.659. The zero-order valence-corrected chi connectivity index (χ0v) is 10.2. The third-order valence-corrected chi connectivity index (χ3v) is 4.69. The second kappa shape index (κ2) is 3.56. The van der Waals surface area contributed by atoms with E-state index in [1.807, 2.05) is 12.3 Å². The van der Waals surface area contributed by atoms with E-state index < -0.39 is 0 Å². The molecule has 2 heterocycles. The van der Waals surface area contributed by atoms with Crippen LogP contribution < -0.4 is 4.48 Å². The largest absolute Gasteiger partial charge is 0.277 e. The third-order valence-electron chi connectivity index (χ3n) is 4.69. The van der Waals surface area contributed by atoms with Crippen LogP contribution in [0.4, 0.5) is 5.82 Å². The van der Waals surface area contributed by atoms with Crippen molar-refractivity contribution in [2.24, 2.45) is 5.41 Å². The van der Waals surface area contributed by atoms with E-state index >= 15 is 0 Å². The Kier molecular flexibility index (Phi) is 2.28. The zero-order chi connectivity index (χ0) is 11.1. The number of hydrogen-bond donors (Lipinski definition) is 0. The topological polar surface area (TPSA) is 12.9 Å². The first kappa shape index (κ1) is 10.3. The molecule has 2 heteroatoms. The van der Waals surface area contributed by atoms with Gasteiger partial charge in [0.1, 0.15) is 0 Å². The van der Waals surface area contributed by atoms with Gasteiger partial charge < -0.3 is 0 Å². The van der Waals surface area contributed by atoms with Crippen molar-refractivity contribution in [1.29, 1.82) is 0 Å². The van der Waals surface area contributed by atoms with Gasteiger partial charge in [-0.15, -0.1) is 0 Å².